The van der Waals surface area contributed by atoms with Crippen LogP contribution in [0.4, 0.5) is 5.13 Å². The van der Waals surface area contributed by atoms with Crippen molar-refractivity contribution in [2.45, 2.75) is 36.4 Å². The van der Waals surface area contributed by atoms with E-state index in [1.807, 2.05) is 30.3 Å². The molecule has 1 aliphatic rings. The molecule has 44 heavy (non-hydrogen) atoms. The van der Waals surface area contributed by atoms with Crippen molar-refractivity contribution >= 4 is 45.7 Å². The van der Waals surface area contributed by atoms with E-state index in [-0.39, 0.29) is 16.5 Å². The average Bonchev–Trinajstić information content (AvgIpc) is 3.61. The number of Topliss-reactive ketones (excluding diaryl/α,β-unsaturated/α-hetero) is 1. The number of hydrogen-bond donors (Lipinski definition) is 1. The lowest BCUT2D eigenvalue weighted by molar-refractivity contribution is -0.132. The van der Waals surface area contributed by atoms with Gasteiger partial charge in [-0.05, 0) is 59.9 Å². The van der Waals surface area contributed by atoms with Gasteiger partial charge in [0.1, 0.15) is 11.5 Å². The van der Waals surface area contributed by atoms with E-state index in [0.29, 0.717) is 51.0 Å². The molecule has 1 fully saturated rings. The van der Waals surface area contributed by atoms with Crippen LogP contribution in [-0.4, -0.2) is 47.8 Å². The standard InChI is InChI=1S/C33H33N3O6S2/c1-20(2)16-17-42-25-15-12-23(18-26(25)41-4)28-27(29(37)22-10-13-24(40-3)14-11-22)30(38)31(39)36(28)32-34-35-33(44-32)43-19-21-8-6-5-7-9-21/h5-15,18,20,28,37H,16-17,19H2,1-4H3/b29-27-. The van der Waals surface area contributed by atoms with Crippen LogP contribution in [0.2, 0.25) is 0 Å². The Morgan fingerprint density at radius 2 is 1.73 bits per heavy atom. The first-order valence-electron chi connectivity index (χ1n) is 14.1. The van der Waals surface area contributed by atoms with Crippen LogP contribution in [0.5, 0.6) is 17.2 Å². The van der Waals surface area contributed by atoms with E-state index in [9.17, 15) is 14.7 Å². The Labute approximate surface area is 264 Å². The normalized spacial score (nSPS) is 16.0. The van der Waals surface area contributed by atoms with E-state index in [2.05, 4.69) is 24.0 Å². The molecule has 5 rings (SSSR count). The van der Waals surface area contributed by atoms with Gasteiger partial charge in [0.2, 0.25) is 5.13 Å². The molecule has 0 bridgehead atoms. The summed E-state index contributed by atoms with van der Waals surface area (Å²) in [7, 11) is 3.07. The maximum Gasteiger partial charge on any atom is 0.301 e. The Balaban J connectivity index is 1.55. The second-order valence-electron chi connectivity index (χ2n) is 10.5. The van der Waals surface area contributed by atoms with Gasteiger partial charge in [0.05, 0.1) is 32.4 Å². The number of aliphatic hydroxyl groups excluding tert-OH is 1. The second kappa shape index (κ2) is 14.0. The van der Waals surface area contributed by atoms with Crippen LogP contribution in [0.15, 0.2) is 82.7 Å². The van der Waals surface area contributed by atoms with Gasteiger partial charge in [-0.2, -0.15) is 0 Å². The number of carbonyl (C=O) groups is 2. The minimum atomic E-state index is -0.990. The summed E-state index contributed by atoms with van der Waals surface area (Å²) in [6, 6.07) is 20.8. The highest BCUT2D eigenvalue weighted by Crippen LogP contribution is 2.45. The monoisotopic (exact) mass is 631 g/mol. The van der Waals surface area contributed by atoms with Crippen molar-refractivity contribution < 1.29 is 28.9 Å². The smallest absolute Gasteiger partial charge is 0.301 e. The minimum Gasteiger partial charge on any atom is -0.507 e. The summed E-state index contributed by atoms with van der Waals surface area (Å²) in [6.07, 6.45) is 0.870. The lowest BCUT2D eigenvalue weighted by Gasteiger charge is -2.23. The van der Waals surface area contributed by atoms with E-state index in [1.54, 1.807) is 49.6 Å². The SMILES string of the molecule is COc1ccc(/C(O)=C2/C(=O)C(=O)N(c3nnc(SCc4ccccc4)s3)C2c2ccc(OCCC(C)C)c(OC)c2)cc1. The van der Waals surface area contributed by atoms with Crippen molar-refractivity contribution in [1.29, 1.82) is 0 Å². The first-order valence-corrected chi connectivity index (χ1v) is 15.9. The van der Waals surface area contributed by atoms with Crippen LogP contribution in [-0.2, 0) is 15.3 Å². The minimum absolute atomic E-state index is 0.0654. The highest BCUT2D eigenvalue weighted by molar-refractivity contribution is 8.00. The van der Waals surface area contributed by atoms with Gasteiger partial charge < -0.3 is 19.3 Å². The molecule has 1 unspecified atom stereocenters. The zero-order valence-electron chi connectivity index (χ0n) is 24.9. The molecule has 11 heteroatoms. The number of methoxy groups -OCH3 is 2. The number of hydrogen-bond acceptors (Lipinski definition) is 10. The third-order valence-electron chi connectivity index (χ3n) is 7.07. The van der Waals surface area contributed by atoms with Crippen LogP contribution >= 0.6 is 23.1 Å². The molecule has 1 N–H and O–H groups in total. The first-order chi connectivity index (χ1) is 21.3. The molecule has 1 aromatic heterocycles. The predicted octanol–water partition coefficient (Wildman–Crippen LogP) is 6.90. The lowest BCUT2D eigenvalue weighted by Crippen LogP contribution is -2.29. The average molecular weight is 632 g/mol. The van der Waals surface area contributed by atoms with Crippen molar-refractivity contribution in [3.05, 3.63) is 95.1 Å². The Hall–Kier alpha value is -4.35. The molecule has 0 aliphatic carbocycles. The number of ketones is 1. The number of carbonyl (C=O) groups excluding carboxylic acids is 2. The van der Waals surface area contributed by atoms with Crippen molar-refractivity contribution in [1.82, 2.24) is 10.2 Å². The summed E-state index contributed by atoms with van der Waals surface area (Å²) in [6.45, 7) is 4.75. The van der Waals surface area contributed by atoms with E-state index in [1.165, 1.54) is 35.1 Å². The number of thioether (sulfide) groups is 1. The summed E-state index contributed by atoms with van der Waals surface area (Å²) in [5.74, 6) is 0.775. The Morgan fingerprint density at radius 3 is 2.41 bits per heavy atom. The number of aliphatic hydroxyl groups is 1. The van der Waals surface area contributed by atoms with Crippen LogP contribution in [0.25, 0.3) is 5.76 Å². The highest BCUT2D eigenvalue weighted by Gasteiger charge is 2.48. The maximum atomic E-state index is 13.6. The molecule has 9 nitrogen and oxygen atoms in total. The van der Waals surface area contributed by atoms with Crippen LogP contribution < -0.4 is 19.1 Å². The molecule has 1 aliphatic heterocycles. The van der Waals surface area contributed by atoms with Crippen molar-refractivity contribution in [3.8, 4) is 17.2 Å². The third-order valence-corrected chi connectivity index (χ3v) is 9.20. The van der Waals surface area contributed by atoms with Gasteiger partial charge in [0, 0.05) is 11.3 Å². The van der Waals surface area contributed by atoms with Crippen molar-refractivity contribution in [2.24, 2.45) is 5.92 Å². The topological polar surface area (TPSA) is 111 Å². The molecule has 228 valence electrons. The zero-order valence-corrected chi connectivity index (χ0v) is 26.5. The van der Waals surface area contributed by atoms with E-state index in [0.717, 1.165) is 12.0 Å². The summed E-state index contributed by atoms with van der Waals surface area (Å²) in [5.41, 5.74) is 1.97. The summed E-state index contributed by atoms with van der Waals surface area (Å²) < 4.78 is 17.5. The number of anilines is 1. The third kappa shape index (κ3) is 6.74. The zero-order chi connectivity index (χ0) is 31.2. The van der Waals surface area contributed by atoms with Gasteiger partial charge >= 0.3 is 5.91 Å². The molecular formula is C33H33N3O6S2. The largest absolute Gasteiger partial charge is 0.507 e. The Bertz CT molecular complexity index is 1650. The number of amides is 1. The van der Waals surface area contributed by atoms with Crippen molar-refractivity contribution in [3.63, 3.8) is 0 Å². The molecule has 1 atom stereocenters. The second-order valence-corrected chi connectivity index (χ2v) is 12.6. The molecule has 1 amide bonds. The molecule has 0 saturated carbocycles. The van der Waals surface area contributed by atoms with Gasteiger partial charge in [-0.1, -0.05) is 73.3 Å². The molecule has 0 spiro atoms. The van der Waals surface area contributed by atoms with Crippen molar-refractivity contribution in [2.75, 3.05) is 25.7 Å². The van der Waals surface area contributed by atoms with Gasteiger partial charge in [0.15, 0.2) is 15.8 Å². The number of ether oxygens (including phenoxy) is 3. The highest BCUT2D eigenvalue weighted by atomic mass is 32.2. The Morgan fingerprint density at radius 1 is 0.977 bits per heavy atom. The molecule has 3 aromatic carbocycles. The van der Waals surface area contributed by atoms with Gasteiger partial charge in [-0.15, -0.1) is 10.2 Å². The Kier molecular flexibility index (Phi) is 9.86. The van der Waals surface area contributed by atoms with Crippen LogP contribution in [0.1, 0.15) is 43.0 Å². The van der Waals surface area contributed by atoms with E-state index < -0.39 is 17.7 Å². The summed E-state index contributed by atoms with van der Waals surface area (Å²) in [4.78, 5) is 28.6. The molecule has 0 radical (unpaired) electrons. The van der Waals surface area contributed by atoms with Crippen LogP contribution in [0, 0.1) is 5.92 Å². The number of aromatic nitrogens is 2. The van der Waals surface area contributed by atoms with Gasteiger partial charge in [-0.3, -0.25) is 14.5 Å². The molecule has 2 heterocycles. The first kappa shape index (κ1) is 31.1. The molecule has 1 saturated heterocycles. The summed E-state index contributed by atoms with van der Waals surface area (Å²) >= 11 is 2.70. The van der Waals surface area contributed by atoms with E-state index >= 15 is 0 Å². The molecule has 4 aromatic rings. The lowest BCUT2D eigenvalue weighted by atomic mass is 9.95. The van der Waals surface area contributed by atoms with Gasteiger partial charge in [0.25, 0.3) is 5.78 Å². The van der Waals surface area contributed by atoms with E-state index in [4.69, 9.17) is 14.2 Å². The number of nitrogens with zero attached hydrogens (tertiary/aromatic N) is 3. The maximum absolute atomic E-state index is 13.6. The molecular weight excluding hydrogens is 599 g/mol. The number of rotatable bonds is 12. The fourth-order valence-electron chi connectivity index (χ4n) is 4.71. The predicted molar refractivity (Wildman–Crippen MR) is 172 cm³/mol. The van der Waals surface area contributed by atoms with Crippen LogP contribution in [0.3, 0.4) is 0 Å². The van der Waals surface area contributed by atoms with Gasteiger partial charge in [-0.25, -0.2) is 0 Å². The quantitative estimate of drug-likeness (QED) is 0.0587. The fourth-order valence-corrected chi connectivity index (χ4v) is 6.53. The fraction of sp³-hybridized carbons (Fsp3) is 0.273. The summed E-state index contributed by atoms with van der Waals surface area (Å²) in [5, 5.41) is 20.3. The number of benzene rings is 3.